The molecule has 4 rings (SSSR count). The molecule has 0 unspecified atom stereocenters. The Morgan fingerprint density at radius 1 is 1.24 bits per heavy atom. The Kier molecular flexibility index (Phi) is 5.92. The number of nitrogens with one attached hydrogen (secondary N) is 1. The maximum absolute atomic E-state index is 13.1. The quantitative estimate of drug-likeness (QED) is 0.676. The van der Waals surface area contributed by atoms with Gasteiger partial charge in [0.25, 0.3) is 5.91 Å². The normalized spacial score (nSPS) is 20.1. The number of piperidine rings is 1. The van der Waals surface area contributed by atoms with Gasteiger partial charge >= 0.3 is 0 Å². The lowest BCUT2D eigenvalue weighted by Crippen LogP contribution is -2.51. The van der Waals surface area contributed by atoms with Gasteiger partial charge < -0.3 is 19.9 Å². The van der Waals surface area contributed by atoms with Crippen molar-refractivity contribution in [1.82, 2.24) is 19.8 Å². The van der Waals surface area contributed by atoms with Crippen molar-refractivity contribution < 1.29 is 9.90 Å². The summed E-state index contributed by atoms with van der Waals surface area (Å²) in [4.78, 5) is 19.8. The number of hydrogen-bond acceptors (Lipinski definition) is 4. The van der Waals surface area contributed by atoms with Crippen LogP contribution in [0.25, 0.3) is 11.0 Å². The summed E-state index contributed by atoms with van der Waals surface area (Å²) in [7, 11) is 1.95. The van der Waals surface area contributed by atoms with Crippen molar-refractivity contribution in [3.8, 4) is 0 Å². The van der Waals surface area contributed by atoms with Crippen LogP contribution in [0.15, 0.2) is 54.9 Å². The van der Waals surface area contributed by atoms with E-state index in [0.29, 0.717) is 5.56 Å². The van der Waals surface area contributed by atoms with Gasteiger partial charge in [0.05, 0.1) is 17.4 Å². The van der Waals surface area contributed by atoms with Crippen molar-refractivity contribution in [2.45, 2.75) is 24.8 Å². The first kappa shape index (κ1) is 19.6. The number of aliphatic hydroxyl groups is 1. The van der Waals surface area contributed by atoms with Gasteiger partial charge in [-0.25, -0.2) is 4.98 Å². The molecule has 29 heavy (non-hydrogen) atoms. The predicted octanol–water partition coefficient (Wildman–Crippen LogP) is 2.54. The van der Waals surface area contributed by atoms with Crippen molar-refractivity contribution in [3.63, 3.8) is 0 Å². The first-order valence-electron chi connectivity index (χ1n) is 10.3. The second-order valence-corrected chi connectivity index (χ2v) is 7.82. The molecule has 1 amide bonds. The largest absolute Gasteiger partial charge is 0.396 e. The second kappa shape index (κ2) is 8.76. The summed E-state index contributed by atoms with van der Waals surface area (Å²) in [5.74, 6) is 0.219. The fourth-order valence-electron chi connectivity index (χ4n) is 4.29. The average Bonchev–Trinajstić information content (AvgIpc) is 3.13. The van der Waals surface area contributed by atoms with Gasteiger partial charge in [-0.05, 0) is 43.1 Å². The number of aliphatic hydroxyl groups excluding tert-OH is 1. The van der Waals surface area contributed by atoms with E-state index in [1.54, 1.807) is 6.33 Å². The zero-order chi connectivity index (χ0) is 20.2. The van der Waals surface area contributed by atoms with E-state index in [-0.39, 0.29) is 24.5 Å². The number of amides is 1. The highest BCUT2D eigenvalue weighted by Gasteiger charge is 2.31. The topological polar surface area (TPSA) is 70.4 Å². The van der Waals surface area contributed by atoms with Crippen LogP contribution in [0.1, 0.15) is 34.7 Å². The molecule has 2 N–H and O–H groups in total. The van der Waals surface area contributed by atoms with E-state index in [1.807, 2.05) is 35.9 Å². The van der Waals surface area contributed by atoms with Crippen molar-refractivity contribution >= 4 is 16.9 Å². The molecule has 0 saturated carbocycles. The second-order valence-electron chi connectivity index (χ2n) is 7.82. The number of aryl methyl sites for hydroxylation is 1. The molecule has 0 spiro atoms. The number of carbonyl (C=O) groups is 1. The molecular formula is C23H28N4O2. The van der Waals surface area contributed by atoms with Crippen LogP contribution < -0.4 is 5.32 Å². The number of carbonyl (C=O) groups excluding carboxylic acids is 1. The van der Waals surface area contributed by atoms with E-state index < -0.39 is 0 Å². The Bertz CT molecular complexity index is 969. The van der Waals surface area contributed by atoms with Crippen LogP contribution >= 0.6 is 0 Å². The Hall–Kier alpha value is -2.70. The van der Waals surface area contributed by atoms with Crippen LogP contribution in [-0.4, -0.2) is 57.7 Å². The van der Waals surface area contributed by atoms with Crippen LogP contribution in [0.4, 0.5) is 0 Å². The molecule has 0 radical (unpaired) electrons. The molecule has 3 aromatic rings. The van der Waals surface area contributed by atoms with Gasteiger partial charge in [-0.1, -0.05) is 30.3 Å². The van der Waals surface area contributed by atoms with E-state index in [1.165, 1.54) is 5.56 Å². The summed E-state index contributed by atoms with van der Waals surface area (Å²) in [5.41, 5.74) is 3.74. The first-order chi connectivity index (χ1) is 14.2. The minimum atomic E-state index is -0.0625. The maximum Gasteiger partial charge on any atom is 0.251 e. The molecule has 0 bridgehead atoms. The van der Waals surface area contributed by atoms with Gasteiger partial charge in [-0.15, -0.1) is 0 Å². The zero-order valence-electron chi connectivity index (χ0n) is 16.8. The number of likely N-dealkylation sites (tertiary alicyclic amines) is 1. The zero-order valence-corrected chi connectivity index (χ0v) is 16.8. The van der Waals surface area contributed by atoms with Crippen LogP contribution in [0.2, 0.25) is 0 Å². The SMILES string of the molecule is Cn1cnc2cc(C(=O)N[C@H]3CN(CCCO)CC[C@H]3c3ccccc3)ccc21. The van der Waals surface area contributed by atoms with E-state index in [4.69, 9.17) is 0 Å². The maximum atomic E-state index is 13.1. The molecular weight excluding hydrogens is 364 g/mol. The van der Waals surface area contributed by atoms with Crippen molar-refractivity contribution in [3.05, 3.63) is 66.0 Å². The molecule has 1 aromatic heterocycles. The Morgan fingerprint density at radius 2 is 2.07 bits per heavy atom. The Balaban J connectivity index is 1.54. The molecule has 2 heterocycles. The molecule has 0 aliphatic carbocycles. The smallest absolute Gasteiger partial charge is 0.251 e. The standard InChI is InChI=1S/C23H28N4O2/c1-26-16-24-20-14-18(8-9-22(20)26)23(29)25-21-15-27(11-5-13-28)12-10-19(21)17-6-3-2-4-7-17/h2-4,6-9,14,16,19,21,28H,5,10-13,15H2,1H3,(H,25,29)/t19-,21-/m0/s1. The van der Waals surface area contributed by atoms with E-state index in [0.717, 1.165) is 43.5 Å². The number of imidazole rings is 1. The number of fused-ring (bicyclic) bond motifs is 1. The first-order valence-corrected chi connectivity index (χ1v) is 10.3. The number of aromatic nitrogens is 2. The Labute approximate surface area is 171 Å². The van der Waals surface area contributed by atoms with Crippen molar-refractivity contribution in [2.24, 2.45) is 7.05 Å². The minimum absolute atomic E-state index is 0.0248. The van der Waals surface area contributed by atoms with Gasteiger partial charge in [-0.3, -0.25) is 4.79 Å². The summed E-state index contributed by atoms with van der Waals surface area (Å²) in [5, 5.41) is 12.5. The van der Waals surface area contributed by atoms with Crippen LogP contribution in [0.3, 0.4) is 0 Å². The lowest BCUT2D eigenvalue weighted by Gasteiger charge is -2.39. The van der Waals surface area contributed by atoms with Crippen LogP contribution in [-0.2, 0) is 7.05 Å². The fourth-order valence-corrected chi connectivity index (χ4v) is 4.29. The number of nitrogens with zero attached hydrogens (tertiary/aromatic N) is 3. The molecule has 6 heteroatoms. The van der Waals surface area contributed by atoms with Gasteiger partial charge in [0.15, 0.2) is 0 Å². The predicted molar refractivity (Wildman–Crippen MR) is 114 cm³/mol. The molecule has 1 aliphatic heterocycles. The van der Waals surface area contributed by atoms with Crippen LogP contribution in [0.5, 0.6) is 0 Å². The highest BCUT2D eigenvalue weighted by molar-refractivity contribution is 5.97. The van der Waals surface area contributed by atoms with Crippen molar-refractivity contribution in [1.29, 1.82) is 0 Å². The molecule has 1 fully saturated rings. The van der Waals surface area contributed by atoms with E-state index >= 15 is 0 Å². The average molecular weight is 393 g/mol. The van der Waals surface area contributed by atoms with Crippen molar-refractivity contribution in [2.75, 3.05) is 26.2 Å². The third-order valence-electron chi connectivity index (χ3n) is 5.86. The van der Waals surface area contributed by atoms with E-state index in [9.17, 15) is 9.90 Å². The highest BCUT2D eigenvalue weighted by atomic mass is 16.3. The molecule has 1 saturated heterocycles. The minimum Gasteiger partial charge on any atom is -0.396 e. The van der Waals surface area contributed by atoms with E-state index in [2.05, 4.69) is 39.5 Å². The number of hydrogen-bond donors (Lipinski definition) is 2. The third-order valence-corrected chi connectivity index (χ3v) is 5.86. The lowest BCUT2D eigenvalue weighted by atomic mass is 9.85. The number of benzene rings is 2. The monoisotopic (exact) mass is 392 g/mol. The van der Waals surface area contributed by atoms with Gasteiger partial charge in [0.1, 0.15) is 0 Å². The summed E-state index contributed by atoms with van der Waals surface area (Å²) in [6.07, 6.45) is 3.50. The fraction of sp³-hybridized carbons (Fsp3) is 0.391. The summed E-state index contributed by atoms with van der Waals surface area (Å²) in [6, 6.07) is 16.1. The molecule has 2 atom stereocenters. The summed E-state index contributed by atoms with van der Waals surface area (Å²) < 4.78 is 1.95. The molecule has 6 nitrogen and oxygen atoms in total. The number of rotatable bonds is 6. The highest BCUT2D eigenvalue weighted by Crippen LogP contribution is 2.29. The van der Waals surface area contributed by atoms with Gasteiger partial charge in [0, 0.05) is 44.3 Å². The summed E-state index contributed by atoms with van der Waals surface area (Å²) in [6.45, 7) is 2.81. The van der Waals surface area contributed by atoms with Gasteiger partial charge in [0.2, 0.25) is 0 Å². The molecule has 152 valence electrons. The Morgan fingerprint density at radius 3 is 2.86 bits per heavy atom. The third kappa shape index (κ3) is 4.33. The van der Waals surface area contributed by atoms with Crippen LogP contribution in [0, 0.1) is 0 Å². The lowest BCUT2D eigenvalue weighted by molar-refractivity contribution is 0.0882. The molecule has 2 aromatic carbocycles. The van der Waals surface area contributed by atoms with Gasteiger partial charge in [-0.2, -0.15) is 0 Å². The molecule has 1 aliphatic rings. The summed E-state index contributed by atoms with van der Waals surface area (Å²) >= 11 is 0.